The summed E-state index contributed by atoms with van der Waals surface area (Å²) >= 11 is 0.786. The summed E-state index contributed by atoms with van der Waals surface area (Å²) < 4.78 is 32.8. The molecule has 1 fully saturated rings. The van der Waals surface area contributed by atoms with Crippen molar-refractivity contribution in [1.82, 2.24) is 4.98 Å². The van der Waals surface area contributed by atoms with Crippen LogP contribution in [0.2, 0.25) is 0 Å². The maximum atomic E-state index is 12.2. The van der Waals surface area contributed by atoms with E-state index < -0.39 is 60.3 Å². The van der Waals surface area contributed by atoms with Gasteiger partial charge in [0, 0.05) is 33.3 Å². The number of benzene rings is 1. The minimum atomic E-state index is -1.42. The zero-order valence-electron chi connectivity index (χ0n) is 23.8. The number of anilines is 1. The molecule has 1 aliphatic rings. The number of carbonyl (C=O) groups excluding carboxylic acids is 4. The second kappa shape index (κ2) is 14.4. The molecule has 1 aliphatic heterocycles. The van der Waals surface area contributed by atoms with E-state index in [1.807, 2.05) is 6.07 Å². The fraction of sp³-hybridized carbons (Fsp3) is 0.393. The third-order valence-corrected chi connectivity index (χ3v) is 7.10. The van der Waals surface area contributed by atoms with Gasteiger partial charge in [0.15, 0.2) is 23.7 Å². The molecule has 0 amide bonds. The monoisotopic (exact) mass is 612 g/mol. The molecule has 0 aliphatic carbocycles. The number of carbonyl (C=O) groups is 4. The minimum absolute atomic E-state index is 0.00859. The Bertz CT molecular complexity index is 1480. The Hall–Kier alpha value is -4.86. The molecule has 1 saturated heterocycles. The predicted molar refractivity (Wildman–Crippen MR) is 148 cm³/mol. The van der Waals surface area contributed by atoms with Crippen molar-refractivity contribution in [2.24, 2.45) is 0 Å². The molecule has 3 rings (SSSR count). The molecule has 2 aromatic rings. The summed E-state index contributed by atoms with van der Waals surface area (Å²) in [5, 5.41) is 20.1. The van der Waals surface area contributed by atoms with Gasteiger partial charge in [-0.3, -0.25) is 19.2 Å². The van der Waals surface area contributed by atoms with E-state index in [-0.39, 0.29) is 27.5 Å². The second-order valence-electron chi connectivity index (χ2n) is 9.06. The standard InChI is InChI=1S/C28H28N4O10S/c1-13(33)38-12-21-23(39-14(2)34)24(40-15(3)35)25(41-16(4)36)28(42-21)43-27-20(11-30)22(19(10-29)26(31)32-27)17-6-8-18(37-5)9-7-17/h6-9,21,23-25,28H,12H2,1-5H3,(H2,31,32)/t21-,23+,24+,25-,28+/m1/s1. The molecule has 43 heavy (non-hydrogen) atoms. The number of hydrogen-bond acceptors (Lipinski definition) is 15. The summed E-state index contributed by atoms with van der Waals surface area (Å²) in [5.41, 5.74) is 5.45. The number of rotatable bonds is 9. The molecule has 5 atom stereocenters. The molecule has 1 aromatic carbocycles. The molecule has 0 radical (unpaired) electrons. The van der Waals surface area contributed by atoms with Gasteiger partial charge in [-0.05, 0) is 17.7 Å². The smallest absolute Gasteiger partial charge is 0.303 e. The molecule has 15 heteroatoms. The zero-order chi connectivity index (χ0) is 31.8. The fourth-order valence-electron chi connectivity index (χ4n) is 4.32. The van der Waals surface area contributed by atoms with Crippen molar-refractivity contribution in [2.45, 2.75) is 62.6 Å². The van der Waals surface area contributed by atoms with Gasteiger partial charge in [-0.25, -0.2) is 4.98 Å². The molecule has 226 valence electrons. The van der Waals surface area contributed by atoms with Crippen molar-refractivity contribution < 1.29 is 47.6 Å². The highest BCUT2D eigenvalue weighted by Gasteiger charge is 2.52. The summed E-state index contributed by atoms with van der Waals surface area (Å²) in [5.74, 6) is -2.68. The molecule has 0 spiro atoms. The van der Waals surface area contributed by atoms with Gasteiger partial charge in [0.05, 0.1) is 12.7 Å². The van der Waals surface area contributed by atoms with Crippen molar-refractivity contribution in [3.05, 3.63) is 35.4 Å². The first-order valence-electron chi connectivity index (χ1n) is 12.6. The van der Waals surface area contributed by atoms with Crippen LogP contribution >= 0.6 is 11.8 Å². The van der Waals surface area contributed by atoms with E-state index >= 15 is 0 Å². The normalized spacial score (nSPS) is 21.0. The Morgan fingerprint density at radius 1 is 0.884 bits per heavy atom. The largest absolute Gasteiger partial charge is 0.497 e. The van der Waals surface area contributed by atoms with Gasteiger partial charge >= 0.3 is 23.9 Å². The number of nitrogens with two attached hydrogens (primary N) is 1. The van der Waals surface area contributed by atoms with Gasteiger partial charge in [0.1, 0.15) is 47.0 Å². The van der Waals surface area contributed by atoms with E-state index in [4.69, 9.17) is 34.2 Å². The highest BCUT2D eigenvalue weighted by Crippen LogP contribution is 2.42. The van der Waals surface area contributed by atoms with E-state index in [9.17, 15) is 29.7 Å². The maximum absolute atomic E-state index is 12.2. The molecule has 1 aromatic heterocycles. The SMILES string of the molecule is COc1ccc(-c2c(C#N)c(N)nc(S[C@@H]3O[C@H](COC(C)=O)[C@H](OC(C)=O)[C@H](OC(C)=O)[C@H]3OC(C)=O)c2C#N)cc1. The molecule has 2 heterocycles. The van der Waals surface area contributed by atoms with Crippen molar-refractivity contribution >= 4 is 41.5 Å². The molecule has 0 bridgehead atoms. The summed E-state index contributed by atoms with van der Waals surface area (Å²) in [7, 11) is 1.49. The van der Waals surface area contributed by atoms with Crippen LogP contribution in [0.4, 0.5) is 5.82 Å². The number of pyridine rings is 1. The second-order valence-corrected chi connectivity index (χ2v) is 10.2. The number of ether oxygens (including phenoxy) is 6. The Kier molecular flexibility index (Phi) is 10.9. The number of thioether (sulfide) groups is 1. The Labute approximate surface area is 250 Å². The van der Waals surface area contributed by atoms with E-state index in [1.165, 1.54) is 7.11 Å². The lowest BCUT2D eigenvalue weighted by Gasteiger charge is -2.44. The number of nitrogen functional groups attached to an aromatic ring is 1. The molecule has 0 unspecified atom stereocenters. The van der Waals surface area contributed by atoms with Crippen LogP contribution < -0.4 is 10.5 Å². The van der Waals surface area contributed by atoms with E-state index in [0.29, 0.717) is 11.3 Å². The van der Waals surface area contributed by atoms with Crippen molar-refractivity contribution in [3.8, 4) is 29.0 Å². The van der Waals surface area contributed by atoms with Gasteiger partial charge in [0.25, 0.3) is 0 Å². The third-order valence-electron chi connectivity index (χ3n) is 5.97. The van der Waals surface area contributed by atoms with Crippen LogP contribution in [0.25, 0.3) is 11.1 Å². The summed E-state index contributed by atoms with van der Waals surface area (Å²) in [6.45, 7) is 4.05. The molecular formula is C28H28N4O10S. The molecule has 2 N–H and O–H groups in total. The average molecular weight is 613 g/mol. The third kappa shape index (κ3) is 7.91. The lowest BCUT2D eigenvalue weighted by atomic mass is 9.97. The van der Waals surface area contributed by atoms with Crippen LogP contribution in [0.3, 0.4) is 0 Å². The highest BCUT2D eigenvalue weighted by atomic mass is 32.2. The Morgan fingerprint density at radius 2 is 1.44 bits per heavy atom. The van der Waals surface area contributed by atoms with Crippen LogP contribution in [0.5, 0.6) is 5.75 Å². The maximum Gasteiger partial charge on any atom is 0.303 e. The lowest BCUT2D eigenvalue weighted by Crippen LogP contribution is -2.61. The van der Waals surface area contributed by atoms with Crippen LogP contribution in [-0.2, 0) is 42.9 Å². The summed E-state index contributed by atoms with van der Waals surface area (Å²) in [6.07, 6.45) is -5.38. The number of esters is 4. The van der Waals surface area contributed by atoms with Crippen molar-refractivity contribution in [3.63, 3.8) is 0 Å². The van der Waals surface area contributed by atoms with E-state index in [0.717, 1.165) is 39.5 Å². The highest BCUT2D eigenvalue weighted by molar-refractivity contribution is 7.99. The number of aromatic nitrogens is 1. The number of nitriles is 2. The van der Waals surface area contributed by atoms with Crippen LogP contribution in [0, 0.1) is 22.7 Å². The van der Waals surface area contributed by atoms with Crippen LogP contribution in [-0.4, -0.2) is 72.4 Å². The molecular weight excluding hydrogens is 584 g/mol. The topological polar surface area (TPSA) is 210 Å². The van der Waals surface area contributed by atoms with E-state index in [1.54, 1.807) is 24.3 Å². The van der Waals surface area contributed by atoms with Crippen LogP contribution in [0.15, 0.2) is 29.3 Å². The summed E-state index contributed by atoms with van der Waals surface area (Å²) in [6, 6.07) is 10.6. The van der Waals surface area contributed by atoms with Gasteiger partial charge in [-0.2, -0.15) is 10.5 Å². The van der Waals surface area contributed by atoms with Gasteiger partial charge in [-0.15, -0.1) is 0 Å². The zero-order valence-corrected chi connectivity index (χ0v) is 24.6. The first kappa shape index (κ1) is 32.7. The van der Waals surface area contributed by atoms with Gasteiger partial charge < -0.3 is 34.2 Å². The fourth-order valence-corrected chi connectivity index (χ4v) is 5.50. The number of nitrogens with zero attached hydrogens (tertiary/aromatic N) is 3. The lowest BCUT2D eigenvalue weighted by molar-refractivity contribution is -0.237. The Morgan fingerprint density at radius 3 is 1.95 bits per heavy atom. The van der Waals surface area contributed by atoms with Crippen molar-refractivity contribution in [2.75, 3.05) is 19.5 Å². The number of hydrogen-bond donors (Lipinski definition) is 1. The quantitative estimate of drug-likeness (QED) is 0.318. The van der Waals surface area contributed by atoms with Gasteiger partial charge in [0.2, 0.25) is 0 Å². The van der Waals surface area contributed by atoms with Crippen molar-refractivity contribution in [1.29, 1.82) is 10.5 Å². The average Bonchev–Trinajstić information content (AvgIpc) is 2.94. The van der Waals surface area contributed by atoms with Gasteiger partial charge in [-0.1, -0.05) is 23.9 Å². The summed E-state index contributed by atoms with van der Waals surface area (Å²) in [4.78, 5) is 52.2. The molecule has 0 saturated carbocycles. The van der Waals surface area contributed by atoms with E-state index in [2.05, 4.69) is 11.1 Å². The first-order chi connectivity index (χ1) is 20.4. The minimum Gasteiger partial charge on any atom is -0.497 e. The molecule has 14 nitrogen and oxygen atoms in total. The first-order valence-corrected chi connectivity index (χ1v) is 13.5. The predicted octanol–water partition coefficient (Wildman–Crippen LogP) is 2.26. The Balaban J connectivity index is 2.19. The number of methoxy groups -OCH3 is 1. The van der Waals surface area contributed by atoms with Crippen LogP contribution in [0.1, 0.15) is 38.8 Å².